The number of nitrogens with two attached hydrogens (primary N) is 1. The lowest BCUT2D eigenvalue weighted by atomic mass is 9.51. The molecular formula is C25H34N2O6. The fraction of sp³-hybridized carbons (Fsp3) is 0.680. The summed E-state index contributed by atoms with van der Waals surface area (Å²) in [7, 11) is 0. The van der Waals surface area contributed by atoms with Crippen LogP contribution in [0.5, 0.6) is 0 Å². The van der Waals surface area contributed by atoms with Crippen LogP contribution in [0, 0.1) is 22.7 Å². The van der Waals surface area contributed by atoms with E-state index in [0.717, 1.165) is 19.3 Å². The molecule has 2 heterocycles. The van der Waals surface area contributed by atoms with Crippen molar-refractivity contribution < 1.29 is 29.0 Å². The Hall–Kier alpha value is -2.48. The van der Waals surface area contributed by atoms with Crippen LogP contribution in [0.4, 0.5) is 0 Å². The zero-order valence-corrected chi connectivity index (χ0v) is 19.6. The van der Waals surface area contributed by atoms with Gasteiger partial charge in [-0.25, -0.2) is 4.79 Å². The summed E-state index contributed by atoms with van der Waals surface area (Å²) in [6.07, 6.45) is 9.76. The van der Waals surface area contributed by atoms with E-state index in [2.05, 4.69) is 18.3 Å². The van der Waals surface area contributed by atoms with Gasteiger partial charge in [-0.15, -0.1) is 0 Å². The largest absolute Gasteiger partial charge is 0.480 e. The molecule has 180 valence electrons. The lowest BCUT2D eigenvalue weighted by Gasteiger charge is -2.55. The van der Waals surface area contributed by atoms with Gasteiger partial charge in [0.15, 0.2) is 5.78 Å². The lowest BCUT2D eigenvalue weighted by Crippen LogP contribution is -2.56. The van der Waals surface area contributed by atoms with E-state index < -0.39 is 29.2 Å². The van der Waals surface area contributed by atoms with Crippen molar-refractivity contribution in [2.24, 2.45) is 28.4 Å². The molecule has 0 unspecified atom stereocenters. The molecule has 4 N–H and O–H groups in total. The predicted molar refractivity (Wildman–Crippen MR) is 120 cm³/mol. The number of allylic oxidation sites excluding steroid dienone is 3. The molecule has 2 aliphatic heterocycles. The molecule has 33 heavy (non-hydrogen) atoms. The number of carbonyl (C=O) groups excluding carboxylic acids is 3. The minimum Gasteiger partial charge on any atom is -0.480 e. The van der Waals surface area contributed by atoms with Gasteiger partial charge in [0.25, 0.3) is 0 Å². The van der Waals surface area contributed by atoms with Gasteiger partial charge in [-0.2, -0.15) is 0 Å². The van der Waals surface area contributed by atoms with Crippen LogP contribution in [-0.4, -0.2) is 46.4 Å². The summed E-state index contributed by atoms with van der Waals surface area (Å²) in [5, 5.41) is 11.7. The van der Waals surface area contributed by atoms with Gasteiger partial charge in [0, 0.05) is 23.3 Å². The molecule has 2 amide bonds. The van der Waals surface area contributed by atoms with Gasteiger partial charge in [0.05, 0.1) is 11.7 Å². The summed E-state index contributed by atoms with van der Waals surface area (Å²) in [5.74, 6) is -1.52. The molecule has 0 aromatic rings. The smallest absolute Gasteiger partial charge is 0.326 e. The average molecular weight is 459 g/mol. The maximum Gasteiger partial charge on any atom is 0.326 e. The summed E-state index contributed by atoms with van der Waals surface area (Å²) in [6.45, 7) is 5.87. The summed E-state index contributed by atoms with van der Waals surface area (Å²) >= 11 is 0. The number of aliphatic carboxylic acids is 1. The number of primary amides is 1. The molecule has 4 bridgehead atoms. The molecule has 8 heteroatoms. The highest BCUT2D eigenvalue weighted by Crippen LogP contribution is 2.71. The van der Waals surface area contributed by atoms with E-state index in [-0.39, 0.29) is 41.7 Å². The fourth-order valence-corrected chi connectivity index (χ4v) is 7.14. The van der Waals surface area contributed by atoms with Gasteiger partial charge >= 0.3 is 5.97 Å². The van der Waals surface area contributed by atoms with Crippen LogP contribution in [0.2, 0.25) is 0 Å². The molecule has 0 aromatic carbocycles. The van der Waals surface area contributed by atoms with Gasteiger partial charge in [-0.1, -0.05) is 19.1 Å². The Morgan fingerprint density at radius 3 is 2.73 bits per heavy atom. The first kappa shape index (κ1) is 23.7. The highest BCUT2D eigenvalue weighted by atomic mass is 16.5. The van der Waals surface area contributed by atoms with Gasteiger partial charge in [0.1, 0.15) is 6.04 Å². The van der Waals surface area contributed by atoms with Crippen molar-refractivity contribution in [3.8, 4) is 0 Å². The summed E-state index contributed by atoms with van der Waals surface area (Å²) in [4.78, 5) is 47.9. The maximum absolute atomic E-state index is 13.1. The van der Waals surface area contributed by atoms with Crippen LogP contribution in [0.3, 0.4) is 0 Å². The molecule has 3 aliphatic carbocycles. The number of carbonyl (C=O) groups is 4. The standard InChI is InChI=1S/C25H34N2O6/c1-14(21(30)27-16(22(31)32)6-7-19(26)29)5-4-9-23(2)18(28)8-10-25-12-15-11-17(20(23)25)33-24(15,3)13-25/h5,8,10,15-17,20H,4,6-7,9,11-13H2,1-3H3,(H2,26,29)(H,27,30)(H,31,32)/b14-5+/t15-,16-,17-,20-,23+,24-,25-/m0/s1. The van der Waals surface area contributed by atoms with E-state index >= 15 is 0 Å². The third kappa shape index (κ3) is 3.92. The molecule has 8 nitrogen and oxygen atoms in total. The van der Waals surface area contributed by atoms with E-state index in [1.165, 1.54) is 0 Å². The van der Waals surface area contributed by atoms with Crippen LogP contribution in [-0.2, 0) is 23.9 Å². The molecule has 4 fully saturated rings. The molecule has 1 spiro atoms. The molecule has 0 aromatic heterocycles. The summed E-state index contributed by atoms with van der Waals surface area (Å²) < 4.78 is 6.46. The Morgan fingerprint density at radius 2 is 2.09 bits per heavy atom. The molecule has 5 aliphatic rings. The first-order valence-corrected chi connectivity index (χ1v) is 11.8. The Morgan fingerprint density at radius 1 is 1.36 bits per heavy atom. The number of amides is 2. The summed E-state index contributed by atoms with van der Waals surface area (Å²) in [5.41, 5.74) is 4.86. The van der Waals surface area contributed by atoms with Crippen LogP contribution in [0.15, 0.2) is 23.8 Å². The van der Waals surface area contributed by atoms with Crippen molar-refractivity contribution in [2.75, 3.05) is 0 Å². The summed E-state index contributed by atoms with van der Waals surface area (Å²) in [6, 6.07) is -1.18. The molecule has 5 rings (SSSR count). The van der Waals surface area contributed by atoms with Crippen molar-refractivity contribution in [1.29, 1.82) is 0 Å². The fourth-order valence-electron chi connectivity index (χ4n) is 7.14. The number of nitrogens with one attached hydrogen (secondary N) is 1. The molecule has 2 saturated carbocycles. The van der Waals surface area contributed by atoms with Crippen molar-refractivity contribution in [3.63, 3.8) is 0 Å². The van der Waals surface area contributed by atoms with Gasteiger partial charge in [0.2, 0.25) is 11.8 Å². The Bertz CT molecular complexity index is 957. The third-order valence-electron chi connectivity index (χ3n) is 8.67. The average Bonchev–Trinajstić information content (AvgIpc) is 3.09. The predicted octanol–water partition coefficient (Wildman–Crippen LogP) is 2.27. The van der Waals surface area contributed by atoms with Crippen molar-refractivity contribution in [3.05, 3.63) is 23.8 Å². The zero-order chi connectivity index (χ0) is 24.2. The molecule has 2 saturated heterocycles. The van der Waals surface area contributed by atoms with Crippen molar-refractivity contribution in [2.45, 2.75) is 83.5 Å². The molecule has 0 radical (unpaired) electrons. The van der Waals surface area contributed by atoms with Gasteiger partial charge in [-0.3, -0.25) is 14.4 Å². The number of rotatable bonds is 9. The Kier molecular flexibility index (Phi) is 5.79. The maximum atomic E-state index is 13.1. The number of ketones is 1. The quantitative estimate of drug-likeness (QED) is 0.454. The van der Waals surface area contributed by atoms with Gasteiger partial charge < -0.3 is 20.9 Å². The molecular weight excluding hydrogens is 424 g/mol. The Balaban J connectivity index is 1.42. The number of hydrogen-bond donors (Lipinski definition) is 3. The second kappa shape index (κ2) is 8.08. The van der Waals surface area contributed by atoms with E-state index in [1.54, 1.807) is 19.1 Å². The normalized spacial score (nSPS) is 39.4. The van der Waals surface area contributed by atoms with E-state index in [1.807, 2.05) is 6.92 Å². The van der Waals surface area contributed by atoms with Crippen molar-refractivity contribution in [1.82, 2.24) is 5.32 Å². The number of carboxylic acid groups (broad SMARTS) is 1. The lowest BCUT2D eigenvalue weighted by molar-refractivity contribution is -0.168. The van der Waals surface area contributed by atoms with E-state index in [9.17, 15) is 24.3 Å². The first-order chi connectivity index (χ1) is 15.4. The zero-order valence-electron chi connectivity index (χ0n) is 19.6. The monoisotopic (exact) mass is 458 g/mol. The van der Waals surface area contributed by atoms with Crippen LogP contribution in [0.1, 0.15) is 65.7 Å². The highest BCUT2D eigenvalue weighted by Gasteiger charge is 2.71. The van der Waals surface area contributed by atoms with Crippen LogP contribution >= 0.6 is 0 Å². The van der Waals surface area contributed by atoms with Crippen molar-refractivity contribution >= 4 is 23.6 Å². The van der Waals surface area contributed by atoms with Crippen LogP contribution < -0.4 is 11.1 Å². The minimum absolute atomic E-state index is 0.0223. The number of carboxylic acids is 1. The second-order valence-electron chi connectivity index (χ2n) is 10.9. The number of ether oxygens (including phenoxy) is 1. The minimum atomic E-state index is -1.21. The second-order valence-corrected chi connectivity index (χ2v) is 10.9. The highest BCUT2D eigenvalue weighted by molar-refractivity contribution is 5.97. The third-order valence-corrected chi connectivity index (χ3v) is 8.67. The van der Waals surface area contributed by atoms with E-state index in [4.69, 9.17) is 10.5 Å². The van der Waals surface area contributed by atoms with E-state index in [0.29, 0.717) is 24.3 Å². The van der Waals surface area contributed by atoms with Gasteiger partial charge in [-0.05, 0) is 69.8 Å². The molecule has 7 atom stereocenters. The SMILES string of the molecule is C/C(=C\CC[C@]1(C)C(=O)C=C[C@]23C[C@@H]4C[C@H](O[C@@]4(C)C2)[C@H]31)C(=O)N[C@@H](CCC(N)=O)C(=O)O. The number of hydrogen-bond acceptors (Lipinski definition) is 5. The van der Waals surface area contributed by atoms with Crippen LogP contribution in [0.25, 0.3) is 0 Å². The topological polar surface area (TPSA) is 136 Å². The Labute approximate surface area is 194 Å². The first-order valence-electron chi connectivity index (χ1n) is 11.8.